The minimum atomic E-state index is -0.475. The lowest BCUT2D eigenvalue weighted by Crippen LogP contribution is -2.44. The second kappa shape index (κ2) is 8.21. The minimum Gasteiger partial charge on any atom is -0.393 e. The van der Waals surface area contributed by atoms with Gasteiger partial charge in [0.15, 0.2) is 0 Å². The number of nitro groups is 1. The largest absolute Gasteiger partial charge is 0.393 e. The zero-order valence-corrected chi connectivity index (χ0v) is 14.1. The van der Waals surface area contributed by atoms with Gasteiger partial charge in [-0.2, -0.15) is 0 Å². The number of carbonyl (C=O) groups excluding carboxylic acids is 1. The Morgan fingerprint density at radius 1 is 1.38 bits per heavy atom. The van der Waals surface area contributed by atoms with Gasteiger partial charge in [0.25, 0.3) is 5.69 Å². The first-order valence-electron chi connectivity index (χ1n) is 8.32. The predicted molar refractivity (Wildman–Crippen MR) is 91.8 cm³/mol. The van der Waals surface area contributed by atoms with Gasteiger partial charge < -0.3 is 10.4 Å². The van der Waals surface area contributed by atoms with E-state index in [0.717, 1.165) is 25.7 Å². The SMILES string of the molecule is CC(C(=O)Nc1ccc([N+](=O)[O-])cc1)N(C)CC1CCCCC1O. The third-order valence-corrected chi connectivity index (χ3v) is 4.78. The number of hydrogen-bond acceptors (Lipinski definition) is 5. The lowest BCUT2D eigenvalue weighted by molar-refractivity contribution is -0.384. The monoisotopic (exact) mass is 335 g/mol. The summed E-state index contributed by atoms with van der Waals surface area (Å²) in [6, 6.07) is 5.42. The normalized spacial score (nSPS) is 22.2. The van der Waals surface area contributed by atoms with Gasteiger partial charge in [-0.15, -0.1) is 0 Å². The Kier molecular flexibility index (Phi) is 6.28. The molecule has 7 nitrogen and oxygen atoms in total. The molecule has 1 aliphatic carbocycles. The van der Waals surface area contributed by atoms with E-state index >= 15 is 0 Å². The van der Waals surface area contributed by atoms with Crippen molar-refractivity contribution in [3.63, 3.8) is 0 Å². The Balaban J connectivity index is 1.89. The highest BCUT2D eigenvalue weighted by Gasteiger charge is 2.27. The van der Waals surface area contributed by atoms with Crippen LogP contribution in [0.15, 0.2) is 24.3 Å². The van der Waals surface area contributed by atoms with E-state index < -0.39 is 4.92 Å². The second-order valence-corrected chi connectivity index (χ2v) is 6.52. The van der Waals surface area contributed by atoms with Crippen molar-refractivity contribution in [3.05, 3.63) is 34.4 Å². The van der Waals surface area contributed by atoms with Crippen LogP contribution in [0.1, 0.15) is 32.6 Å². The Morgan fingerprint density at radius 2 is 2.00 bits per heavy atom. The van der Waals surface area contributed by atoms with Gasteiger partial charge in [-0.05, 0) is 44.9 Å². The molecule has 0 aromatic heterocycles. The summed E-state index contributed by atoms with van der Waals surface area (Å²) < 4.78 is 0. The number of hydrogen-bond donors (Lipinski definition) is 2. The molecule has 1 aliphatic rings. The molecule has 0 aliphatic heterocycles. The van der Waals surface area contributed by atoms with Gasteiger partial charge in [0, 0.05) is 24.4 Å². The second-order valence-electron chi connectivity index (χ2n) is 6.52. The van der Waals surface area contributed by atoms with Crippen LogP contribution in [0, 0.1) is 16.0 Å². The van der Waals surface area contributed by atoms with Crippen molar-refractivity contribution in [2.75, 3.05) is 18.9 Å². The van der Waals surface area contributed by atoms with Crippen LogP contribution < -0.4 is 5.32 Å². The number of rotatable bonds is 6. The molecule has 1 fully saturated rings. The Morgan fingerprint density at radius 3 is 2.58 bits per heavy atom. The molecule has 0 bridgehead atoms. The summed E-state index contributed by atoms with van der Waals surface area (Å²) in [6.45, 7) is 2.49. The summed E-state index contributed by atoms with van der Waals surface area (Å²) in [5, 5.41) is 23.5. The van der Waals surface area contributed by atoms with Gasteiger partial charge in [0.2, 0.25) is 5.91 Å². The quantitative estimate of drug-likeness (QED) is 0.615. The molecule has 1 amide bonds. The topological polar surface area (TPSA) is 95.7 Å². The third kappa shape index (κ3) is 4.75. The number of carbonyl (C=O) groups is 1. The van der Waals surface area contributed by atoms with Gasteiger partial charge >= 0.3 is 0 Å². The molecule has 3 atom stereocenters. The number of benzene rings is 1. The van der Waals surface area contributed by atoms with Gasteiger partial charge in [-0.25, -0.2) is 0 Å². The summed E-state index contributed by atoms with van der Waals surface area (Å²) in [6.07, 6.45) is 3.73. The molecule has 0 heterocycles. The molecular formula is C17H25N3O4. The van der Waals surface area contributed by atoms with E-state index in [1.165, 1.54) is 24.3 Å². The van der Waals surface area contributed by atoms with Gasteiger partial charge in [0.05, 0.1) is 17.1 Å². The fourth-order valence-corrected chi connectivity index (χ4v) is 3.04. The molecular weight excluding hydrogens is 310 g/mol. The molecule has 1 saturated carbocycles. The van der Waals surface area contributed by atoms with Crippen LogP contribution in [0.25, 0.3) is 0 Å². The van der Waals surface area contributed by atoms with Crippen LogP contribution in [0.3, 0.4) is 0 Å². The number of anilines is 1. The van der Waals surface area contributed by atoms with E-state index in [-0.39, 0.29) is 29.7 Å². The first-order valence-corrected chi connectivity index (χ1v) is 8.32. The van der Waals surface area contributed by atoms with Gasteiger partial charge in [-0.3, -0.25) is 19.8 Å². The van der Waals surface area contributed by atoms with Crippen molar-refractivity contribution in [2.24, 2.45) is 5.92 Å². The molecule has 132 valence electrons. The fourth-order valence-electron chi connectivity index (χ4n) is 3.04. The number of aliphatic hydroxyl groups is 1. The Bertz CT molecular complexity index is 576. The van der Waals surface area contributed by atoms with Crippen molar-refractivity contribution in [3.8, 4) is 0 Å². The lowest BCUT2D eigenvalue weighted by atomic mass is 9.86. The fraction of sp³-hybridized carbons (Fsp3) is 0.588. The summed E-state index contributed by atoms with van der Waals surface area (Å²) in [5.41, 5.74) is 0.521. The highest BCUT2D eigenvalue weighted by atomic mass is 16.6. The molecule has 24 heavy (non-hydrogen) atoms. The smallest absolute Gasteiger partial charge is 0.269 e. The van der Waals surface area contributed by atoms with Gasteiger partial charge in [0.1, 0.15) is 0 Å². The van der Waals surface area contributed by atoms with Crippen molar-refractivity contribution < 1.29 is 14.8 Å². The van der Waals surface area contributed by atoms with Crippen LogP contribution in [-0.2, 0) is 4.79 Å². The minimum absolute atomic E-state index is 0.00977. The molecule has 1 aromatic carbocycles. The molecule has 2 rings (SSSR count). The molecule has 0 radical (unpaired) electrons. The Hall–Kier alpha value is -1.99. The average Bonchev–Trinajstić information content (AvgIpc) is 2.56. The highest BCUT2D eigenvalue weighted by Crippen LogP contribution is 2.25. The molecule has 7 heteroatoms. The first kappa shape index (κ1) is 18.4. The van der Waals surface area contributed by atoms with E-state index in [4.69, 9.17) is 0 Å². The number of aliphatic hydroxyl groups excluding tert-OH is 1. The zero-order valence-electron chi connectivity index (χ0n) is 14.1. The first-order chi connectivity index (χ1) is 11.4. The molecule has 1 aromatic rings. The maximum absolute atomic E-state index is 12.3. The molecule has 0 spiro atoms. The van der Waals surface area contributed by atoms with Crippen LogP contribution in [0.5, 0.6) is 0 Å². The average molecular weight is 335 g/mol. The number of non-ortho nitro benzene ring substituents is 1. The van der Waals surface area contributed by atoms with E-state index in [0.29, 0.717) is 12.2 Å². The van der Waals surface area contributed by atoms with Crippen LogP contribution in [-0.4, -0.2) is 46.6 Å². The summed E-state index contributed by atoms with van der Waals surface area (Å²) in [4.78, 5) is 24.5. The summed E-state index contributed by atoms with van der Waals surface area (Å²) >= 11 is 0. The highest BCUT2D eigenvalue weighted by molar-refractivity contribution is 5.94. The molecule has 3 unspecified atom stereocenters. The summed E-state index contributed by atoms with van der Waals surface area (Å²) in [5.74, 6) is 0.0371. The van der Waals surface area contributed by atoms with Crippen molar-refractivity contribution in [1.82, 2.24) is 4.90 Å². The van der Waals surface area contributed by atoms with E-state index in [1.807, 2.05) is 18.9 Å². The molecule has 0 saturated heterocycles. The number of nitrogens with zero attached hydrogens (tertiary/aromatic N) is 2. The maximum Gasteiger partial charge on any atom is 0.269 e. The number of amides is 1. The van der Waals surface area contributed by atoms with E-state index in [9.17, 15) is 20.0 Å². The molecule has 2 N–H and O–H groups in total. The summed E-state index contributed by atoms with van der Waals surface area (Å²) in [7, 11) is 1.88. The number of nitrogens with one attached hydrogen (secondary N) is 1. The zero-order chi connectivity index (χ0) is 17.7. The van der Waals surface area contributed by atoms with E-state index in [2.05, 4.69) is 5.32 Å². The Labute approximate surface area is 141 Å². The van der Waals surface area contributed by atoms with Crippen molar-refractivity contribution >= 4 is 17.3 Å². The van der Waals surface area contributed by atoms with Crippen LogP contribution >= 0.6 is 0 Å². The van der Waals surface area contributed by atoms with Crippen molar-refractivity contribution in [2.45, 2.75) is 44.8 Å². The number of nitro benzene ring substituents is 1. The van der Waals surface area contributed by atoms with Crippen LogP contribution in [0.2, 0.25) is 0 Å². The number of likely N-dealkylation sites (N-methyl/N-ethyl adjacent to an activating group) is 1. The third-order valence-electron chi connectivity index (χ3n) is 4.78. The standard InChI is InChI=1S/C17H25N3O4/c1-12(19(2)11-13-5-3-4-6-16(13)21)17(22)18-14-7-9-15(10-8-14)20(23)24/h7-10,12-13,16,21H,3-6,11H2,1-2H3,(H,18,22). The van der Waals surface area contributed by atoms with E-state index in [1.54, 1.807) is 0 Å². The lowest BCUT2D eigenvalue weighted by Gasteiger charge is -2.33. The maximum atomic E-state index is 12.3. The van der Waals surface area contributed by atoms with Crippen LogP contribution in [0.4, 0.5) is 11.4 Å². The van der Waals surface area contributed by atoms with Crippen molar-refractivity contribution in [1.29, 1.82) is 0 Å². The predicted octanol–water partition coefficient (Wildman–Crippen LogP) is 2.40. The van der Waals surface area contributed by atoms with Gasteiger partial charge in [-0.1, -0.05) is 12.8 Å².